The molecule has 0 bridgehead atoms. The van der Waals surface area contributed by atoms with Crippen molar-refractivity contribution in [1.29, 1.82) is 0 Å². The Hall–Kier alpha value is -1.61. The molecule has 0 fully saturated rings. The number of hydrogen-bond donors (Lipinski definition) is 2. The highest BCUT2D eigenvalue weighted by Gasteiger charge is 2.19. The molecule has 31 heavy (non-hydrogen) atoms. The van der Waals surface area contributed by atoms with Crippen molar-refractivity contribution in [3.05, 3.63) is 76.4 Å². The molecule has 0 saturated carbocycles. The number of allylic oxidation sites excluding steroid dienone is 2. The average Bonchev–Trinajstić information content (AvgIpc) is 2.70. The van der Waals surface area contributed by atoms with Gasteiger partial charge >= 0.3 is 0 Å². The zero-order chi connectivity index (χ0) is 23.0. The number of nitrogens with one attached hydrogen (secondary N) is 1. The van der Waals surface area contributed by atoms with E-state index in [1.54, 1.807) is 11.6 Å². The lowest BCUT2D eigenvalue weighted by Gasteiger charge is -2.17. The van der Waals surface area contributed by atoms with Crippen LogP contribution in [0.2, 0.25) is 0 Å². The minimum absolute atomic E-state index is 0.348. The molecule has 0 saturated heterocycles. The van der Waals surface area contributed by atoms with E-state index in [-0.39, 0.29) is 0 Å². The van der Waals surface area contributed by atoms with Crippen molar-refractivity contribution < 1.29 is 19.5 Å². The van der Waals surface area contributed by atoms with Gasteiger partial charge in [-0.25, -0.2) is 5.48 Å². The van der Waals surface area contributed by atoms with E-state index in [0.717, 1.165) is 22.3 Å². The van der Waals surface area contributed by atoms with Gasteiger partial charge in [0.15, 0.2) is 0 Å². The van der Waals surface area contributed by atoms with Gasteiger partial charge in [-0.3, -0.25) is 10.0 Å². The first-order valence-electron chi connectivity index (χ1n) is 9.44. The highest BCUT2D eigenvalue weighted by atomic mass is 80.0. The van der Waals surface area contributed by atoms with Gasteiger partial charge in [0.25, 0.3) is 8.24 Å². The lowest BCUT2D eigenvalue weighted by atomic mass is 9.99. The van der Waals surface area contributed by atoms with Crippen LogP contribution in [-0.4, -0.2) is 13.4 Å². The normalized spacial score (nSPS) is 11.3. The summed E-state index contributed by atoms with van der Waals surface area (Å²) >= 11 is 9.91. The van der Waals surface area contributed by atoms with E-state index < -0.39 is 8.24 Å². The van der Waals surface area contributed by atoms with Crippen LogP contribution >= 0.6 is 47.8 Å². The molecular weight excluding hydrogens is 594 g/mol. The Balaban J connectivity index is 2.31. The summed E-state index contributed by atoms with van der Waals surface area (Å²) in [5, 5.41) is 8.76. The molecule has 0 unspecified atom stereocenters. The second kappa shape index (κ2) is 11.9. The second-order valence-corrected chi connectivity index (χ2v) is 13.6. The summed E-state index contributed by atoms with van der Waals surface area (Å²) < 4.78 is 11.0. The fraction of sp³-hybridized carbons (Fsp3) is 0.261. The van der Waals surface area contributed by atoms with Crippen LogP contribution < -0.4 is 15.0 Å². The van der Waals surface area contributed by atoms with Crippen LogP contribution in [0.4, 0.5) is 0 Å². The molecule has 166 valence electrons. The second-order valence-electron chi connectivity index (χ2n) is 7.05. The number of hydroxylamine groups is 1. The topological polar surface area (TPSA) is 67.8 Å². The molecule has 0 heterocycles. The first-order valence-corrected chi connectivity index (χ1v) is 11.8. The van der Waals surface area contributed by atoms with Crippen LogP contribution in [0.25, 0.3) is 6.08 Å². The smallest absolute Gasteiger partial charge is 0.272 e. The molecule has 5 nitrogen and oxygen atoms in total. The van der Waals surface area contributed by atoms with Crippen molar-refractivity contribution >= 4 is 59.8 Å². The highest BCUT2D eigenvalue weighted by molar-refractivity contribution is 9.39. The number of halogens is 3. The summed E-state index contributed by atoms with van der Waals surface area (Å²) in [7, 11) is 0. The standard InChI is InChI=1S/C23H24Br3NO4/c1-15(2)4-12-20-16(3)5-8-18(9-13-21(28)27-29)22(20)30-14-17-6-10-19(11-7-17)31-23(24,25)26/h4-11,13,29H,12,14H2,1-3H3,(H,27,28)/b13-9+. The van der Waals surface area contributed by atoms with Crippen LogP contribution in [0.1, 0.15) is 36.1 Å². The quantitative estimate of drug-likeness (QED) is 0.113. The van der Waals surface area contributed by atoms with Crippen LogP contribution in [0, 0.1) is 6.92 Å². The number of ether oxygens (including phenoxy) is 2. The number of alkyl halides is 3. The number of hydrogen-bond acceptors (Lipinski definition) is 4. The molecule has 2 aromatic rings. The third kappa shape index (κ3) is 8.80. The summed E-state index contributed by atoms with van der Waals surface area (Å²) in [5.74, 6) is 0.780. The molecule has 0 radical (unpaired) electrons. The van der Waals surface area contributed by atoms with Gasteiger partial charge < -0.3 is 9.47 Å². The lowest BCUT2D eigenvalue weighted by Crippen LogP contribution is -2.14. The fourth-order valence-corrected chi connectivity index (χ4v) is 3.31. The SMILES string of the molecule is CC(C)=CCc1c(C)ccc(/C=C/C(=O)NO)c1OCc1ccc(OC(Br)(Br)Br)cc1. The van der Waals surface area contributed by atoms with Gasteiger partial charge in [-0.1, -0.05) is 35.9 Å². The molecule has 0 aromatic heterocycles. The number of carbonyl (C=O) groups is 1. The third-order valence-electron chi connectivity index (χ3n) is 4.30. The average molecular weight is 618 g/mol. The number of benzene rings is 2. The minimum atomic E-state index is -0.811. The maximum atomic E-state index is 11.5. The molecule has 0 atom stereocenters. The molecule has 0 aliphatic rings. The van der Waals surface area contributed by atoms with Gasteiger partial charge in [0, 0.05) is 17.2 Å². The van der Waals surface area contributed by atoms with Gasteiger partial charge in [-0.15, -0.1) is 0 Å². The van der Waals surface area contributed by atoms with Crippen LogP contribution in [-0.2, 0) is 17.8 Å². The van der Waals surface area contributed by atoms with E-state index in [4.69, 9.17) is 14.7 Å². The first-order chi connectivity index (χ1) is 14.6. The van der Waals surface area contributed by atoms with Gasteiger partial charge in [-0.05, 0) is 104 Å². The van der Waals surface area contributed by atoms with Crippen molar-refractivity contribution in [3.8, 4) is 11.5 Å². The molecule has 1 amide bonds. The number of rotatable bonds is 8. The van der Waals surface area contributed by atoms with Gasteiger partial charge in [-0.2, -0.15) is 0 Å². The third-order valence-corrected chi connectivity index (χ3v) is 4.79. The van der Waals surface area contributed by atoms with Crippen molar-refractivity contribution in [3.63, 3.8) is 0 Å². The van der Waals surface area contributed by atoms with Crippen molar-refractivity contribution in [2.75, 3.05) is 0 Å². The van der Waals surface area contributed by atoms with Gasteiger partial charge in [0.1, 0.15) is 18.1 Å². The highest BCUT2D eigenvalue weighted by Crippen LogP contribution is 2.36. The molecule has 2 rings (SSSR count). The summed E-state index contributed by atoms with van der Waals surface area (Å²) in [4.78, 5) is 11.5. The van der Waals surface area contributed by atoms with Gasteiger partial charge in [0.2, 0.25) is 0 Å². The van der Waals surface area contributed by atoms with Crippen LogP contribution in [0.3, 0.4) is 0 Å². The van der Waals surface area contributed by atoms with Crippen molar-refractivity contribution in [2.24, 2.45) is 0 Å². The largest absolute Gasteiger partial charge is 0.488 e. The van der Waals surface area contributed by atoms with E-state index in [2.05, 4.69) is 67.7 Å². The van der Waals surface area contributed by atoms with E-state index in [1.165, 1.54) is 11.6 Å². The van der Waals surface area contributed by atoms with Crippen LogP contribution in [0.5, 0.6) is 11.5 Å². The minimum Gasteiger partial charge on any atom is -0.488 e. The molecule has 0 aliphatic carbocycles. The van der Waals surface area contributed by atoms with Crippen molar-refractivity contribution in [2.45, 2.75) is 36.1 Å². The number of amides is 1. The Bertz CT molecular complexity index is 960. The molecule has 2 N–H and O–H groups in total. The number of aryl methyl sites for hydroxylation is 1. The predicted octanol–water partition coefficient (Wildman–Crippen LogP) is 6.78. The zero-order valence-electron chi connectivity index (χ0n) is 17.4. The Morgan fingerprint density at radius 2 is 1.81 bits per heavy atom. The summed E-state index contributed by atoms with van der Waals surface area (Å²) in [6.45, 7) is 6.49. The van der Waals surface area contributed by atoms with E-state index in [9.17, 15) is 4.79 Å². The lowest BCUT2D eigenvalue weighted by molar-refractivity contribution is -0.124. The van der Waals surface area contributed by atoms with Gasteiger partial charge in [0.05, 0.1) is 0 Å². The van der Waals surface area contributed by atoms with E-state index in [0.29, 0.717) is 24.5 Å². The predicted molar refractivity (Wildman–Crippen MR) is 134 cm³/mol. The molecule has 8 heteroatoms. The summed E-state index contributed by atoms with van der Waals surface area (Å²) in [6, 6.07) is 11.4. The zero-order valence-corrected chi connectivity index (χ0v) is 22.2. The summed E-state index contributed by atoms with van der Waals surface area (Å²) in [6.07, 6.45) is 5.75. The fourth-order valence-electron chi connectivity index (χ4n) is 2.75. The molecule has 0 aliphatic heterocycles. The monoisotopic (exact) mass is 615 g/mol. The Morgan fingerprint density at radius 3 is 2.39 bits per heavy atom. The van der Waals surface area contributed by atoms with Crippen molar-refractivity contribution in [1.82, 2.24) is 5.48 Å². The molecule has 2 aromatic carbocycles. The molecule has 0 spiro atoms. The Kier molecular flexibility index (Phi) is 9.81. The van der Waals surface area contributed by atoms with E-state index in [1.807, 2.05) is 43.3 Å². The van der Waals surface area contributed by atoms with Crippen LogP contribution in [0.15, 0.2) is 54.1 Å². The number of carbonyl (C=O) groups excluding carboxylic acids is 1. The molecular formula is C23H24Br3NO4. The first kappa shape index (κ1) is 25.6. The maximum absolute atomic E-state index is 11.5. The Labute approximate surface area is 207 Å². The Morgan fingerprint density at radius 1 is 1.13 bits per heavy atom. The maximum Gasteiger partial charge on any atom is 0.272 e. The summed E-state index contributed by atoms with van der Waals surface area (Å²) in [5.41, 5.74) is 6.69. The van der Waals surface area contributed by atoms with E-state index >= 15 is 0 Å².